The molecule has 0 spiro atoms. The molecule has 0 unspecified atom stereocenters. The van der Waals surface area contributed by atoms with Gasteiger partial charge in [-0.05, 0) is 56.7 Å². The Morgan fingerprint density at radius 1 is 1.09 bits per heavy atom. The molecule has 0 saturated heterocycles. The van der Waals surface area contributed by atoms with E-state index in [1.807, 2.05) is 42.8 Å². The number of hydrogen-bond donors (Lipinski definition) is 0. The molecule has 2 aromatic carbocycles. The fourth-order valence-electron chi connectivity index (χ4n) is 3.74. The number of benzene rings is 2. The first-order chi connectivity index (χ1) is 15.8. The summed E-state index contributed by atoms with van der Waals surface area (Å²) in [5.74, 6) is 0.919. The first-order valence-corrected chi connectivity index (χ1v) is 11.1. The van der Waals surface area contributed by atoms with Gasteiger partial charge in [0, 0.05) is 48.3 Å². The van der Waals surface area contributed by atoms with Gasteiger partial charge in [0.05, 0.1) is 11.4 Å². The number of aromatic nitrogens is 4. The van der Waals surface area contributed by atoms with Gasteiger partial charge in [-0.3, -0.25) is 4.79 Å². The lowest BCUT2D eigenvalue weighted by Gasteiger charge is -2.17. The van der Waals surface area contributed by atoms with Crippen LogP contribution in [0.4, 0.5) is 0 Å². The first kappa shape index (κ1) is 22.7. The standard InChI is InChI=1S/C25H26ClN5O2/c1-16-7-5-6-8-22(16)31-18(3)21(17(2)28-31)15-30(4)24(32)14-13-23-27-25(29-33-23)19-9-11-20(26)12-10-19/h5-12H,13-15H2,1-4H3. The molecular weight excluding hydrogens is 438 g/mol. The van der Waals surface area contributed by atoms with E-state index in [0.717, 1.165) is 33.8 Å². The number of nitrogens with zero attached hydrogens (tertiary/aromatic N) is 5. The van der Waals surface area contributed by atoms with Crippen molar-refractivity contribution in [1.82, 2.24) is 24.8 Å². The maximum atomic E-state index is 12.8. The highest BCUT2D eigenvalue weighted by atomic mass is 35.5. The van der Waals surface area contributed by atoms with Gasteiger partial charge in [0.1, 0.15) is 0 Å². The number of carbonyl (C=O) groups excluding carboxylic acids is 1. The van der Waals surface area contributed by atoms with Crippen LogP contribution in [-0.2, 0) is 17.8 Å². The van der Waals surface area contributed by atoms with E-state index in [0.29, 0.717) is 29.7 Å². The average Bonchev–Trinajstić information content (AvgIpc) is 3.38. The molecule has 0 aliphatic carbocycles. The van der Waals surface area contributed by atoms with E-state index in [1.54, 1.807) is 24.1 Å². The molecule has 0 saturated carbocycles. The normalized spacial score (nSPS) is 11.1. The molecule has 0 radical (unpaired) electrons. The number of rotatable bonds is 7. The Morgan fingerprint density at radius 2 is 1.82 bits per heavy atom. The molecule has 0 aliphatic heterocycles. The topological polar surface area (TPSA) is 77.1 Å². The quantitative estimate of drug-likeness (QED) is 0.381. The summed E-state index contributed by atoms with van der Waals surface area (Å²) >= 11 is 5.92. The molecule has 4 rings (SSSR count). The van der Waals surface area contributed by atoms with Crippen molar-refractivity contribution in [2.45, 2.75) is 40.2 Å². The van der Waals surface area contributed by atoms with Crippen LogP contribution in [0.3, 0.4) is 0 Å². The largest absolute Gasteiger partial charge is 0.341 e. The third-order valence-electron chi connectivity index (χ3n) is 5.73. The van der Waals surface area contributed by atoms with Gasteiger partial charge in [0.15, 0.2) is 0 Å². The summed E-state index contributed by atoms with van der Waals surface area (Å²) < 4.78 is 7.27. The van der Waals surface area contributed by atoms with Crippen molar-refractivity contribution in [2.24, 2.45) is 0 Å². The average molecular weight is 464 g/mol. The second-order valence-electron chi connectivity index (χ2n) is 8.12. The molecule has 0 bridgehead atoms. The molecule has 170 valence electrons. The van der Waals surface area contributed by atoms with Crippen LogP contribution in [0.2, 0.25) is 5.02 Å². The Labute approximate surface area is 198 Å². The summed E-state index contributed by atoms with van der Waals surface area (Å²) in [6.45, 7) is 6.57. The Kier molecular flexibility index (Phi) is 6.60. The van der Waals surface area contributed by atoms with Crippen LogP contribution in [-0.4, -0.2) is 37.8 Å². The van der Waals surface area contributed by atoms with Crippen molar-refractivity contribution < 1.29 is 9.32 Å². The van der Waals surface area contributed by atoms with Crippen LogP contribution in [0.15, 0.2) is 53.1 Å². The molecule has 8 heteroatoms. The Morgan fingerprint density at radius 3 is 2.55 bits per heavy atom. The SMILES string of the molecule is Cc1ccccc1-n1nc(C)c(CN(C)C(=O)CCc2nc(-c3ccc(Cl)cc3)no2)c1C. The molecule has 0 fully saturated rings. The predicted molar refractivity (Wildman–Crippen MR) is 127 cm³/mol. The van der Waals surface area contributed by atoms with Gasteiger partial charge in [0.2, 0.25) is 17.6 Å². The third-order valence-corrected chi connectivity index (χ3v) is 5.98. The minimum absolute atomic E-state index is 0.00341. The molecular formula is C25H26ClN5O2. The van der Waals surface area contributed by atoms with Gasteiger partial charge >= 0.3 is 0 Å². The van der Waals surface area contributed by atoms with E-state index in [1.165, 1.54) is 0 Å². The highest BCUT2D eigenvalue weighted by Gasteiger charge is 2.19. The lowest BCUT2D eigenvalue weighted by molar-refractivity contribution is -0.130. The molecule has 0 atom stereocenters. The van der Waals surface area contributed by atoms with E-state index < -0.39 is 0 Å². The van der Waals surface area contributed by atoms with Crippen molar-refractivity contribution in [3.63, 3.8) is 0 Å². The zero-order chi connectivity index (χ0) is 23.5. The van der Waals surface area contributed by atoms with E-state index >= 15 is 0 Å². The highest BCUT2D eigenvalue weighted by molar-refractivity contribution is 6.30. The fraction of sp³-hybridized carbons (Fsp3) is 0.280. The third kappa shape index (κ3) is 4.98. The zero-order valence-corrected chi connectivity index (χ0v) is 19.9. The lowest BCUT2D eigenvalue weighted by Crippen LogP contribution is -2.27. The van der Waals surface area contributed by atoms with Gasteiger partial charge in [-0.15, -0.1) is 0 Å². The summed E-state index contributed by atoms with van der Waals surface area (Å²) in [6.07, 6.45) is 0.660. The lowest BCUT2D eigenvalue weighted by atomic mass is 10.1. The maximum absolute atomic E-state index is 12.8. The molecule has 2 heterocycles. The summed E-state index contributed by atoms with van der Waals surface area (Å²) in [5, 5.41) is 9.37. The number of halogens is 1. The number of amides is 1. The highest BCUT2D eigenvalue weighted by Crippen LogP contribution is 2.22. The van der Waals surface area contributed by atoms with E-state index in [-0.39, 0.29) is 12.3 Å². The molecule has 0 aliphatic rings. The summed E-state index contributed by atoms with van der Waals surface area (Å²) in [4.78, 5) is 18.9. The number of carbonyl (C=O) groups is 1. The van der Waals surface area contributed by atoms with Gasteiger partial charge in [0.25, 0.3) is 0 Å². The van der Waals surface area contributed by atoms with Crippen LogP contribution < -0.4 is 0 Å². The van der Waals surface area contributed by atoms with Crippen molar-refractivity contribution in [3.8, 4) is 17.1 Å². The van der Waals surface area contributed by atoms with Crippen LogP contribution in [0, 0.1) is 20.8 Å². The molecule has 2 aromatic heterocycles. The molecule has 4 aromatic rings. The molecule has 1 amide bonds. The zero-order valence-electron chi connectivity index (χ0n) is 19.2. The van der Waals surface area contributed by atoms with Crippen LogP contribution >= 0.6 is 11.6 Å². The Balaban J connectivity index is 1.40. The van der Waals surface area contributed by atoms with Crippen LogP contribution in [0.1, 0.15) is 34.8 Å². The fourth-order valence-corrected chi connectivity index (χ4v) is 3.87. The van der Waals surface area contributed by atoms with Gasteiger partial charge in [-0.25, -0.2) is 4.68 Å². The Hall–Kier alpha value is -3.45. The summed E-state index contributed by atoms with van der Waals surface area (Å²) in [5.41, 5.74) is 6.01. The summed E-state index contributed by atoms with van der Waals surface area (Å²) in [6, 6.07) is 15.3. The molecule has 0 N–H and O–H groups in total. The van der Waals surface area contributed by atoms with Crippen molar-refractivity contribution >= 4 is 17.5 Å². The minimum atomic E-state index is 0.00341. The van der Waals surface area contributed by atoms with Crippen LogP contribution in [0.5, 0.6) is 0 Å². The second-order valence-corrected chi connectivity index (χ2v) is 8.55. The van der Waals surface area contributed by atoms with Crippen molar-refractivity contribution in [1.29, 1.82) is 0 Å². The number of para-hydroxylation sites is 1. The van der Waals surface area contributed by atoms with E-state index in [4.69, 9.17) is 21.2 Å². The van der Waals surface area contributed by atoms with Crippen LogP contribution in [0.25, 0.3) is 17.1 Å². The van der Waals surface area contributed by atoms with E-state index in [2.05, 4.69) is 29.2 Å². The van der Waals surface area contributed by atoms with Crippen molar-refractivity contribution in [3.05, 3.63) is 82.0 Å². The number of hydrogen-bond acceptors (Lipinski definition) is 5. The van der Waals surface area contributed by atoms with Gasteiger partial charge < -0.3 is 9.42 Å². The number of aryl methyl sites for hydroxylation is 3. The smallest absolute Gasteiger partial charge is 0.227 e. The van der Waals surface area contributed by atoms with E-state index in [9.17, 15) is 4.79 Å². The first-order valence-electron chi connectivity index (χ1n) is 10.8. The van der Waals surface area contributed by atoms with Crippen molar-refractivity contribution in [2.75, 3.05) is 7.05 Å². The Bertz CT molecular complexity index is 1280. The van der Waals surface area contributed by atoms with Gasteiger partial charge in [-0.1, -0.05) is 35.0 Å². The minimum Gasteiger partial charge on any atom is -0.341 e. The monoisotopic (exact) mass is 463 g/mol. The predicted octanol–water partition coefficient (Wildman–Crippen LogP) is 5.09. The summed E-state index contributed by atoms with van der Waals surface area (Å²) in [7, 11) is 1.80. The maximum Gasteiger partial charge on any atom is 0.227 e. The molecule has 7 nitrogen and oxygen atoms in total. The van der Waals surface area contributed by atoms with Gasteiger partial charge in [-0.2, -0.15) is 10.1 Å². The second kappa shape index (κ2) is 9.58. The molecule has 33 heavy (non-hydrogen) atoms.